The van der Waals surface area contributed by atoms with Gasteiger partial charge < -0.3 is 9.88 Å². The van der Waals surface area contributed by atoms with Gasteiger partial charge in [0.05, 0.1) is 0 Å². The van der Waals surface area contributed by atoms with E-state index in [0.717, 1.165) is 24.9 Å². The maximum absolute atomic E-state index is 12.6. The van der Waals surface area contributed by atoms with E-state index in [9.17, 15) is 9.59 Å². The molecule has 1 aromatic carbocycles. The summed E-state index contributed by atoms with van der Waals surface area (Å²) in [5.74, 6) is -0.106. The highest BCUT2D eigenvalue weighted by molar-refractivity contribution is 6.06. The smallest absolute Gasteiger partial charge is 0.258 e. The minimum Gasteiger partial charge on any atom is -0.329 e. The second kappa shape index (κ2) is 5.33. The van der Waals surface area contributed by atoms with E-state index in [0.29, 0.717) is 12.1 Å². The molecule has 0 saturated heterocycles. The lowest BCUT2D eigenvalue weighted by Gasteiger charge is -2.22. The summed E-state index contributed by atoms with van der Waals surface area (Å²) in [5, 5.41) is 0. The highest BCUT2D eigenvalue weighted by atomic mass is 16.2. The first-order valence-electron chi connectivity index (χ1n) is 6.84. The van der Waals surface area contributed by atoms with Crippen molar-refractivity contribution < 1.29 is 4.79 Å². The van der Waals surface area contributed by atoms with Crippen LogP contribution in [0.5, 0.6) is 0 Å². The molecular formula is C16H16N2O2. The van der Waals surface area contributed by atoms with E-state index < -0.39 is 0 Å². The second-order valence-corrected chi connectivity index (χ2v) is 4.98. The number of fused-ring (bicyclic) bond motifs is 1. The molecule has 0 radical (unpaired) electrons. The summed E-state index contributed by atoms with van der Waals surface area (Å²) in [4.78, 5) is 28.3. The van der Waals surface area contributed by atoms with Crippen molar-refractivity contribution in [3.05, 3.63) is 64.1 Å². The highest BCUT2D eigenvalue weighted by Crippen LogP contribution is 2.27. The quantitative estimate of drug-likeness (QED) is 0.863. The number of benzene rings is 1. The fourth-order valence-corrected chi connectivity index (χ4v) is 2.64. The third-order valence-electron chi connectivity index (χ3n) is 3.63. The minimum atomic E-state index is -0.251. The molecule has 0 atom stereocenters. The first-order valence-corrected chi connectivity index (χ1v) is 6.84. The van der Waals surface area contributed by atoms with E-state index >= 15 is 0 Å². The topological polar surface area (TPSA) is 53.2 Å². The summed E-state index contributed by atoms with van der Waals surface area (Å²) < 4.78 is 0. The van der Waals surface area contributed by atoms with Crippen LogP contribution < -0.4 is 10.5 Å². The molecule has 102 valence electrons. The van der Waals surface area contributed by atoms with Crippen molar-refractivity contribution >= 4 is 11.6 Å². The maximum atomic E-state index is 12.6. The summed E-state index contributed by atoms with van der Waals surface area (Å²) in [6.45, 7) is 0.697. The lowest BCUT2D eigenvalue weighted by Crippen LogP contribution is -2.32. The Labute approximate surface area is 117 Å². The maximum Gasteiger partial charge on any atom is 0.258 e. The molecule has 0 saturated carbocycles. The van der Waals surface area contributed by atoms with Crippen molar-refractivity contribution in [1.29, 1.82) is 0 Å². The molecule has 0 fully saturated rings. The predicted molar refractivity (Wildman–Crippen MR) is 78.1 cm³/mol. The Bertz CT molecular complexity index is 691. The van der Waals surface area contributed by atoms with Gasteiger partial charge in [-0.1, -0.05) is 18.2 Å². The Hall–Kier alpha value is -2.36. The number of anilines is 1. The van der Waals surface area contributed by atoms with Gasteiger partial charge in [-0.25, -0.2) is 0 Å². The number of amides is 1. The van der Waals surface area contributed by atoms with Crippen LogP contribution in [0.1, 0.15) is 28.8 Å². The normalized spacial score (nSPS) is 14.5. The number of nitrogens with one attached hydrogen (secondary N) is 1. The third-order valence-corrected chi connectivity index (χ3v) is 3.63. The van der Waals surface area contributed by atoms with Crippen LogP contribution in [0.2, 0.25) is 0 Å². The number of para-hydroxylation sites is 1. The van der Waals surface area contributed by atoms with Crippen LogP contribution in [0.3, 0.4) is 0 Å². The van der Waals surface area contributed by atoms with Crippen molar-refractivity contribution in [3.63, 3.8) is 0 Å². The Morgan fingerprint density at radius 2 is 2.00 bits per heavy atom. The standard InChI is InChI=1S/C16H16N2O2/c19-15-11-13(8-9-17-15)16(20)18-10-4-3-6-12-5-1-2-7-14(12)18/h1-2,5,7-9,11H,3-4,6,10H2,(H,17,19). The van der Waals surface area contributed by atoms with E-state index in [1.165, 1.54) is 17.8 Å². The molecule has 20 heavy (non-hydrogen) atoms. The van der Waals surface area contributed by atoms with Crippen LogP contribution in [0, 0.1) is 0 Å². The molecule has 0 aliphatic carbocycles. The fourth-order valence-electron chi connectivity index (χ4n) is 2.64. The van der Waals surface area contributed by atoms with E-state index in [1.54, 1.807) is 11.0 Å². The number of pyridine rings is 1. The molecular weight excluding hydrogens is 252 g/mol. The van der Waals surface area contributed by atoms with Crippen LogP contribution in [-0.4, -0.2) is 17.4 Å². The van der Waals surface area contributed by atoms with Gasteiger partial charge in [0.15, 0.2) is 0 Å². The molecule has 1 aliphatic heterocycles. The number of carbonyl (C=O) groups excluding carboxylic acids is 1. The van der Waals surface area contributed by atoms with Gasteiger partial charge in [0.2, 0.25) is 5.56 Å². The van der Waals surface area contributed by atoms with Crippen molar-refractivity contribution in [3.8, 4) is 0 Å². The number of aryl methyl sites for hydroxylation is 1. The molecule has 0 spiro atoms. The molecule has 2 aromatic rings. The Morgan fingerprint density at radius 1 is 1.15 bits per heavy atom. The zero-order valence-electron chi connectivity index (χ0n) is 11.1. The van der Waals surface area contributed by atoms with Crippen LogP contribution in [0.25, 0.3) is 0 Å². The molecule has 4 nitrogen and oxygen atoms in total. The van der Waals surface area contributed by atoms with Gasteiger partial charge in [-0.2, -0.15) is 0 Å². The second-order valence-electron chi connectivity index (χ2n) is 4.98. The molecule has 1 aliphatic rings. The predicted octanol–water partition coefficient (Wildman–Crippen LogP) is 2.36. The van der Waals surface area contributed by atoms with Crippen LogP contribution in [0.4, 0.5) is 5.69 Å². The van der Waals surface area contributed by atoms with E-state index in [2.05, 4.69) is 11.1 Å². The van der Waals surface area contributed by atoms with Crippen LogP contribution >= 0.6 is 0 Å². The molecule has 0 unspecified atom stereocenters. The van der Waals surface area contributed by atoms with E-state index in [4.69, 9.17) is 0 Å². The van der Waals surface area contributed by atoms with Crippen LogP contribution in [0.15, 0.2) is 47.4 Å². The molecule has 2 heterocycles. The largest absolute Gasteiger partial charge is 0.329 e. The first kappa shape index (κ1) is 12.7. The van der Waals surface area contributed by atoms with Crippen molar-refractivity contribution in [2.24, 2.45) is 0 Å². The number of H-pyrrole nitrogens is 1. The summed E-state index contributed by atoms with van der Waals surface area (Å²) >= 11 is 0. The van der Waals surface area contributed by atoms with Gasteiger partial charge in [0, 0.05) is 30.1 Å². The molecule has 3 rings (SSSR count). The lowest BCUT2D eigenvalue weighted by atomic mass is 10.1. The number of hydrogen-bond acceptors (Lipinski definition) is 2. The lowest BCUT2D eigenvalue weighted by molar-refractivity contribution is 0.0986. The average Bonchev–Trinajstić information content (AvgIpc) is 2.69. The van der Waals surface area contributed by atoms with Gasteiger partial charge in [0.1, 0.15) is 0 Å². The zero-order chi connectivity index (χ0) is 13.9. The third kappa shape index (κ3) is 2.37. The summed E-state index contributed by atoms with van der Waals surface area (Å²) in [7, 11) is 0. The number of aromatic amines is 1. The van der Waals surface area contributed by atoms with Gasteiger partial charge in [-0.05, 0) is 37.0 Å². The molecule has 4 heteroatoms. The van der Waals surface area contributed by atoms with Gasteiger partial charge in [0.25, 0.3) is 5.91 Å². The van der Waals surface area contributed by atoms with Gasteiger partial charge in [-0.15, -0.1) is 0 Å². The SMILES string of the molecule is O=C(c1cc[nH]c(=O)c1)N1CCCCc2ccccc21. The Kier molecular flexibility index (Phi) is 3.37. The molecule has 1 amide bonds. The summed E-state index contributed by atoms with van der Waals surface area (Å²) in [6.07, 6.45) is 4.56. The van der Waals surface area contributed by atoms with E-state index in [-0.39, 0.29) is 11.5 Å². The number of rotatable bonds is 1. The molecule has 1 N–H and O–H groups in total. The molecule has 1 aromatic heterocycles. The number of nitrogens with zero attached hydrogens (tertiary/aromatic N) is 1. The van der Waals surface area contributed by atoms with Crippen LogP contribution in [-0.2, 0) is 6.42 Å². The summed E-state index contributed by atoms with van der Waals surface area (Å²) in [6, 6.07) is 11.0. The minimum absolute atomic E-state index is 0.106. The molecule has 0 bridgehead atoms. The Morgan fingerprint density at radius 3 is 2.85 bits per heavy atom. The zero-order valence-corrected chi connectivity index (χ0v) is 11.1. The van der Waals surface area contributed by atoms with Gasteiger partial charge in [-0.3, -0.25) is 9.59 Å². The number of aromatic nitrogens is 1. The van der Waals surface area contributed by atoms with Crippen molar-refractivity contribution in [2.75, 3.05) is 11.4 Å². The first-order chi connectivity index (χ1) is 9.75. The van der Waals surface area contributed by atoms with E-state index in [1.807, 2.05) is 18.2 Å². The monoisotopic (exact) mass is 268 g/mol. The Balaban J connectivity index is 2.01. The summed E-state index contributed by atoms with van der Waals surface area (Å²) in [5.41, 5.74) is 2.35. The van der Waals surface area contributed by atoms with Gasteiger partial charge >= 0.3 is 0 Å². The van der Waals surface area contributed by atoms with Crippen molar-refractivity contribution in [1.82, 2.24) is 4.98 Å². The highest BCUT2D eigenvalue weighted by Gasteiger charge is 2.22. The fraction of sp³-hybridized carbons (Fsp3) is 0.250. The number of hydrogen-bond donors (Lipinski definition) is 1. The number of carbonyl (C=O) groups is 1. The van der Waals surface area contributed by atoms with Crippen molar-refractivity contribution in [2.45, 2.75) is 19.3 Å². The average molecular weight is 268 g/mol.